The Kier molecular flexibility index (Phi) is 2.51. The molecule has 0 fully saturated rings. The van der Waals surface area contributed by atoms with Crippen molar-refractivity contribution in [2.45, 2.75) is 6.42 Å². The summed E-state index contributed by atoms with van der Waals surface area (Å²) in [6, 6.07) is 0. The first-order valence-corrected chi connectivity index (χ1v) is 4.81. The van der Waals surface area contributed by atoms with Crippen LogP contribution in [0.2, 0.25) is 0 Å². The molecule has 0 aliphatic rings. The van der Waals surface area contributed by atoms with E-state index in [2.05, 4.69) is 25.5 Å². The van der Waals surface area contributed by atoms with Crippen molar-refractivity contribution in [2.24, 2.45) is 0 Å². The molecule has 0 atom stereocenters. The highest BCUT2D eigenvalue weighted by molar-refractivity contribution is 7.13. The number of anilines is 1. The van der Waals surface area contributed by atoms with Crippen molar-refractivity contribution in [1.82, 2.24) is 20.2 Å². The Balaban J connectivity index is 1.76. The fourth-order valence-electron chi connectivity index (χ4n) is 0.973. The maximum absolute atomic E-state index is 4.11. The molecule has 0 radical (unpaired) electrons. The van der Waals surface area contributed by atoms with E-state index in [4.69, 9.17) is 0 Å². The molecule has 0 aliphatic heterocycles. The fourth-order valence-corrected chi connectivity index (χ4v) is 1.45. The van der Waals surface area contributed by atoms with Crippen LogP contribution in [0.4, 0.5) is 5.13 Å². The minimum Gasteiger partial charge on any atom is -0.360 e. The van der Waals surface area contributed by atoms with Crippen LogP contribution in [-0.4, -0.2) is 26.7 Å². The summed E-state index contributed by atoms with van der Waals surface area (Å²) in [4.78, 5) is 7.14. The molecule has 6 heteroatoms. The number of aromatic amines is 1. The van der Waals surface area contributed by atoms with E-state index >= 15 is 0 Å². The molecule has 0 saturated heterocycles. The molecule has 2 heterocycles. The Hall–Kier alpha value is -1.43. The smallest absolute Gasteiger partial charge is 0.205 e. The summed E-state index contributed by atoms with van der Waals surface area (Å²) in [5.41, 5.74) is 1.70. The molecule has 0 saturated carbocycles. The van der Waals surface area contributed by atoms with Gasteiger partial charge in [0.15, 0.2) is 0 Å². The lowest BCUT2D eigenvalue weighted by atomic mass is 10.4. The third-order valence-electron chi connectivity index (χ3n) is 1.55. The zero-order chi connectivity index (χ0) is 8.93. The van der Waals surface area contributed by atoms with E-state index in [1.165, 1.54) is 11.3 Å². The molecular formula is C7H9N5S. The fraction of sp³-hybridized carbons (Fsp3) is 0.286. The lowest BCUT2D eigenvalue weighted by Crippen LogP contribution is -2.05. The molecule has 0 amide bonds. The van der Waals surface area contributed by atoms with Crippen LogP contribution in [-0.2, 0) is 6.42 Å². The zero-order valence-corrected chi connectivity index (χ0v) is 7.71. The summed E-state index contributed by atoms with van der Waals surface area (Å²) in [5.74, 6) is 0.983. The van der Waals surface area contributed by atoms with Gasteiger partial charge in [0.1, 0.15) is 11.3 Å². The lowest BCUT2D eigenvalue weighted by molar-refractivity contribution is 0.920. The average molecular weight is 195 g/mol. The van der Waals surface area contributed by atoms with E-state index in [0.717, 1.165) is 23.9 Å². The molecule has 0 bridgehead atoms. The van der Waals surface area contributed by atoms with Gasteiger partial charge in [0.2, 0.25) is 5.13 Å². The van der Waals surface area contributed by atoms with Crippen molar-refractivity contribution in [2.75, 3.05) is 11.9 Å². The highest BCUT2D eigenvalue weighted by Crippen LogP contribution is 2.07. The van der Waals surface area contributed by atoms with Crippen molar-refractivity contribution in [3.8, 4) is 0 Å². The zero-order valence-electron chi connectivity index (χ0n) is 6.90. The Morgan fingerprint density at radius 3 is 3.23 bits per heavy atom. The maximum atomic E-state index is 4.11. The Morgan fingerprint density at radius 1 is 1.54 bits per heavy atom. The number of rotatable bonds is 4. The van der Waals surface area contributed by atoms with E-state index in [1.807, 2.05) is 6.20 Å². The minimum atomic E-state index is 0.822. The highest BCUT2D eigenvalue weighted by Gasteiger charge is 1.96. The predicted octanol–water partition coefficient (Wildman–Crippen LogP) is 0.916. The Labute approximate surface area is 79.2 Å². The van der Waals surface area contributed by atoms with Crippen molar-refractivity contribution >= 4 is 16.5 Å². The molecule has 2 N–H and O–H groups in total. The topological polar surface area (TPSA) is 66.5 Å². The molecule has 0 aliphatic carbocycles. The Bertz CT molecular complexity index is 293. The number of imidazole rings is 1. The van der Waals surface area contributed by atoms with Crippen LogP contribution in [0.25, 0.3) is 0 Å². The summed E-state index contributed by atoms with van der Waals surface area (Å²) in [6.45, 7) is 0.822. The van der Waals surface area contributed by atoms with Crippen LogP contribution < -0.4 is 5.32 Å². The number of nitrogens with one attached hydrogen (secondary N) is 2. The summed E-state index contributed by atoms with van der Waals surface area (Å²) in [5, 5.41) is 11.6. The molecule has 2 aromatic rings. The van der Waals surface area contributed by atoms with E-state index < -0.39 is 0 Å². The van der Waals surface area contributed by atoms with Gasteiger partial charge in [-0.15, -0.1) is 10.2 Å². The Morgan fingerprint density at radius 2 is 2.54 bits per heavy atom. The molecule has 68 valence electrons. The first-order chi connectivity index (χ1) is 6.45. The van der Waals surface area contributed by atoms with Gasteiger partial charge in [-0.2, -0.15) is 0 Å². The van der Waals surface area contributed by atoms with Crippen LogP contribution in [0.15, 0.2) is 17.9 Å². The van der Waals surface area contributed by atoms with Crippen LogP contribution in [0.3, 0.4) is 0 Å². The summed E-state index contributed by atoms with van der Waals surface area (Å²) >= 11 is 1.50. The largest absolute Gasteiger partial charge is 0.360 e. The molecule has 0 spiro atoms. The summed E-state index contributed by atoms with van der Waals surface area (Å²) in [6.07, 6.45) is 4.44. The molecular weight excluding hydrogens is 186 g/mol. The molecule has 13 heavy (non-hydrogen) atoms. The molecule has 5 nitrogen and oxygen atoms in total. The van der Waals surface area contributed by atoms with Crippen molar-refractivity contribution in [1.29, 1.82) is 0 Å². The number of aromatic nitrogens is 4. The summed E-state index contributed by atoms with van der Waals surface area (Å²) in [7, 11) is 0. The van der Waals surface area contributed by atoms with Crippen LogP contribution in [0.5, 0.6) is 0 Å². The molecule has 0 unspecified atom stereocenters. The van der Waals surface area contributed by atoms with Gasteiger partial charge in [-0.05, 0) is 0 Å². The third-order valence-corrected chi connectivity index (χ3v) is 2.20. The van der Waals surface area contributed by atoms with Crippen LogP contribution >= 0.6 is 11.3 Å². The monoisotopic (exact) mass is 195 g/mol. The first kappa shape index (κ1) is 8.18. The van der Waals surface area contributed by atoms with Crippen molar-refractivity contribution in [3.05, 3.63) is 23.7 Å². The normalized spacial score (nSPS) is 10.2. The number of nitrogens with zero attached hydrogens (tertiary/aromatic N) is 3. The van der Waals surface area contributed by atoms with E-state index in [0.29, 0.717) is 0 Å². The standard InChI is InChI=1S/C7H9N5S/c1(6-8-3-4-9-6)2-10-7-12-11-5-13-7/h3-5H,1-2H2,(H,8,9)(H,10,12). The average Bonchev–Trinajstić information content (AvgIpc) is 2.75. The second-order valence-electron chi connectivity index (χ2n) is 2.46. The van der Waals surface area contributed by atoms with Gasteiger partial charge < -0.3 is 10.3 Å². The highest BCUT2D eigenvalue weighted by atomic mass is 32.1. The van der Waals surface area contributed by atoms with Gasteiger partial charge in [0, 0.05) is 25.4 Å². The van der Waals surface area contributed by atoms with Gasteiger partial charge in [0.05, 0.1) is 0 Å². The van der Waals surface area contributed by atoms with Gasteiger partial charge >= 0.3 is 0 Å². The van der Waals surface area contributed by atoms with Crippen molar-refractivity contribution < 1.29 is 0 Å². The third kappa shape index (κ3) is 2.25. The van der Waals surface area contributed by atoms with E-state index in [-0.39, 0.29) is 0 Å². The van der Waals surface area contributed by atoms with E-state index in [9.17, 15) is 0 Å². The van der Waals surface area contributed by atoms with Crippen molar-refractivity contribution in [3.63, 3.8) is 0 Å². The number of H-pyrrole nitrogens is 1. The second-order valence-corrected chi connectivity index (χ2v) is 3.29. The first-order valence-electron chi connectivity index (χ1n) is 3.93. The molecule has 2 rings (SSSR count). The van der Waals surface area contributed by atoms with Gasteiger partial charge in [-0.1, -0.05) is 11.3 Å². The molecule has 0 aromatic carbocycles. The minimum absolute atomic E-state index is 0.822. The second kappa shape index (κ2) is 3.99. The number of hydrogen-bond donors (Lipinski definition) is 2. The quantitative estimate of drug-likeness (QED) is 0.761. The molecule has 2 aromatic heterocycles. The maximum Gasteiger partial charge on any atom is 0.205 e. The van der Waals surface area contributed by atoms with Crippen LogP contribution in [0.1, 0.15) is 5.82 Å². The predicted molar refractivity (Wildman–Crippen MR) is 50.7 cm³/mol. The summed E-state index contributed by atoms with van der Waals surface area (Å²) < 4.78 is 0. The lowest BCUT2D eigenvalue weighted by Gasteiger charge is -1.98. The van der Waals surface area contributed by atoms with Gasteiger partial charge in [-0.3, -0.25) is 0 Å². The SMILES string of the molecule is c1c[nH]c(CCNc2nncs2)n1. The van der Waals surface area contributed by atoms with Gasteiger partial charge in [-0.25, -0.2) is 4.98 Å². The van der Waals surface area contributed by atoms with Crippen LogP contribution in [0, 0.1) is 0 Å². The van der Waals surface area contributed by atoms with E-state index in [1.54, 1.807) is 11.7 Å². The van der Waals surface area contributed by atoms with Gasteiger partial charge in [0.25, 0.3) is 0 Å². The number of hydrogen-bond acceptors (Lipinski definition) is 5.